The Hall–Kier alpha value is -1.63. The minimum atomic E-state index is -0.377. The molecule has 0 aromatic heterocycles. The van der Waals surface area contributed by atoms with Gasteiger partial charge in [-0.25, -0.2) is 5.84 Å². The zero-order valence-corrected chi connectivity index (χ0v) is 11.1. The second kappa shape index (κ2) is 8.47. The molecule has 0 saturated heterocycles. The number of likely N-dealkylation sites (N-methyl/N-ethyl adjacent to an activating group) is 1. The molecule has 0 bridgehead atoms. The first-order valence-corrected chi connectivity index (χ1v) is 6.28. The Morgan fingerprint density at radius 3 is 2.79 bits per heavy atom. The van der Waals surface area contributed by atoms with Crippen molar-refractivity contribution in [3.05, 3.63) is 29.8 Å². The Bertz CT molecular complexity index is 398. The smallest absolute Gasteiger partial charge is 0.268 e. The highest BCUT2D eigenvalue weighted by Gasteiger charge is 2.10. The second-order valence-electron chi connectivity index (χ2n) is 3.98. The molecule has 0 saturated carbocycles. The van der Waals surface area contributed by atoms with E-state index >= 15 is 0 Å². The standard InChI is InChI=1S/C13H21N3O3/c1-2-16(7-9-17)8-10-19-12-6-4-3-5-11(12)13(18)15-14/h3-6,17H,2,7-10,14H2,1H3,(H,15,18). The van der Waals surface area contributed by atoms with Gasteiger partial charge in [0.2, 0.25) is 0 Å². The van der Waals surface area contributed by atoms with Crippen LogP contribution in [0, 0.1) is 0 Å². The third-order valence-electron chi connectivity index (χ3n) is 2.79. The molecule has 0 radical (unpaired) electrons. The SMILES string of the molecule is CCN(CCO)CCOc1ccccc1C(=O)NN. The molecule has 4 N–H and O–H groups in total. The molecule has 0 aliphatic carbocycles. The van der Waals surface area contributed by atoms with Gasteiger partial charge in [0, 0.05) is 13.1 Å². The van der Waals surface area contributed by atoms with Crippen molar-refractivity contribution >= 4 is 5.91 Å². The van der Waals surface area contributed by atoms with E-state index in [1.807, 2.05) is 6.92 Å². The molecule has 1 rings (SSSR count). The summed E-state index contributed by atoms with van der Waals surface area (Å²) in [6.07, 6.45) is 0. The Morgan fingerprint density at radius 1 is 1.42 bits per heavy atom. The highest BCUT2D eigenvalue weighted by molar-refractivity contribution is 5.96. The Labute approximate surface area is 113 Å². The largest absolute Gasteiger partial charge is 0.491 e. The number of carbonyl (C=O) groups is 1. The van der Waals surface area contributed by atoms with E-state index in [1.54, 1.807) is 24.3 Å². The number of nitrogens with zero attached hydrogens (tertiary/aromatic N) is 1. The molecular formula is C13H21N3O3. The minimum absolute atomic E-state index is 0.125. The van der Waals surface area contributed by atoms with Crippen molar-refractivity contribution in [3.8, 4) is 5.75 Å². The summed E-state index contributed by atoms with van der Waals surface area (Å²) in [7, 11) is 0. The van der Waals surface area contributed by atoms with E-state index in [9.17, 15) is 4.79 Å². The molecule has 0 heterocycles. The van der Waals surface area contributed by atoms with Gasteiger partial charge in [0.05, 0.1) is 12.2 Å². The maximum atomic E-state index is 11.5. The molecule has 0 unspecified atom stereocenters. The summed E-state index contributed by atoms with van der Waals surface area (Å²) in [5.74, 6) is 5.25. The number of benzene rings is 1. The lowest BCUT2D eigenvalue weighted by Crippen LogP contribution is -2.32. The highest BCUT2D eigenvalue weighted by Crippen LogP contribution is 2.17. The Kier molecular flexibility index (Phi) is 6.88. The highest BCUT2D eigenvalue weighted by atomic mass is 16.5. The number of amides is 1. The van der Waals surface area contributed by atoms with Gasteiger partial charge in [-0.1, -0.05) is 19.1 Å². The number of nitrogens with one attached hydrogen (secondary N) is 1. The van der Waals surface area contributed by atoms with E-state index in [0.717, 1.165) is 6.54 Å². The lowest BCUT2D eigenvalue weighted by atomic mass is 10.2. The van der Waals surface area contributed by atoms with Crippen molar-refractivity contribution in [3.63, 3.8) is 0 Å². The maximum absolute atomic E-state index is 11.5. The summed E-state index contributed by atoms with van der Waals surface area (Å²) >= 11 is 0. The number of aliphatic hydroxyl groups is 1. The van der Waals surface area contributed by atoms with Crippen molar-refractivity contribution in [1.29, 1.82) is 0 Å². The fourth-order valence-electron chi connectivity index (χ4n) is 1.71. The molecule has 1 aromatic rings. The van der Waals surface area contributed by atoms with E-state index < -0.39 is 0 Å². The molecule has 0 spiro atoms. The van der Waals surface area contributed by atoms with Crippen LogP contribution in [0.5, 0.6) is 5.75 Å². The molecular weight excluding hydrogens is 246 g/mol. The predicted molar refractivity (Wildman–Crippen MR) is 72.8 cm³/mol. The first-order chi connectivity index (χ1) is 9.22. The van der Waals surface area contributed by atoms with Gasteiger partial charge in [0.1, 0.15) is 12.4 Å². The number of hydrogen-bond donors (Lipinski definition) is 3. The summed E-state index contributed by atoms with van der Waals surface area (Å²) in [6.45, 7) is 4.74. The van der Waals surface area contributed by atoms with E-state index in [1.165, 1.54) is 0 Å². The fraction of sp³-hybridized carbons (Fsp3) is 0.462. The molecule has 19 heavy (non-hydrogen) atoms. The molecule has 6 heteroatoms. The van der Waals surface area contributed by atoms with Crippen LogP contribution in [-0.4, -0.2) is 48.8 Å². The van der Waals surface area contributed by atoms with Gasteiger partial charge in [0.25, 0.3) is 5.91 Å². The number of aliphatic hydroxyl groups excluding tert-OH is 1. The molecule has 1 aromatic carbocycles. The number of ether oxygens (including phenoxy) is 1. The number of hydrogen-bond acceptors (Lipinski definition) is 5. The molecule has 6 nitrogen and oxygen atoms in total. The fourth-order valence-corrected chi connectivity index (χ4v) is 1.71. The van der Waals surface area contributed by atoms with Crippen LogP contribution in [0.1, 0.15) is 17.3 Å². The molecule has 0 aliphatic rings. The van der Waals surface area contributed by atoms with E-state index in [4.69, 9.17) is 15.7 Å². The lowest BCUT2D eigenvalue weighted by molar-refractivity contribution is 0.0948. The number of para-hydroxylation sites is 1. The summed E-state index contributed by atoms with van der Waals surface area (Å²) in [5, 5.41) is 8.88. The summed E-state index contributed by atoms with van der Waals surface area (Å²) in [6, 6.07) is 6.94. The first-order valence-electron chi connectivity index (χ1n) is 6.28. The van der Waals surface area contributed by atoms with Gasteiger partial charge >= 0.3 is 0 Å². The van der Waals surface area contributed by atoms with Crippen LogP contribution >= 0.6 is 0 Å². The Balaban J connectivity index is 2.55. The quantitative estimate of drug-likeness (QED) is 0.350. The van der Waals surface area contributed by atoms with Crippen molar-refractivity contribution in [2.75, 3.05) is 32.8 Å². The van der Waals surface area contributed by atoms with Crippen LogP contribution in [0.3, 0.4) is 0 Å². The minimum Gasteiger partial charge on any atom is -0.491 e. The third kappa shape index (κ3) is 4.86. The molecule has 0 aliphatic heterocycles. The van der Waals surface area contributed by atoms with Crippen molar-refractivity contribution < 1.29 is 14.6 Å². The van der Waals surface area contributed by atoms with Crippen LogP contribution < -0.4 is 16.0 Å². The van der Waals surface area contributed by atoms with Gasteiger partial charge in [0.15, 0.2) is 0 Å². The number of carbonyl (C=O) groups excluding carboxylic acids is 1. The van der Waals surface area contributed by atoms with Crippen LogP contribution in [-0.2, 0) is 0 Å². The average molecular weight is 267 g/mol. The number of nitrogen functional groups attached to an aromatic ring is 1. The third-order valence-corrected chi connectivity index (χ3v) is 2.79. The predicted octanol–water partition coefficient (Wildman–Crippen LogP) is -0.0169. The summed E-state index contributed by atoms with van der Waals surface area (Å²) in [5.41, 5.74) is 2.50. The van der Waals surface area contributed by atoms with Crippen LogP contribution in [0.25, 0.3) is 0 Å². The van der Waals surface area contributed by atoms with Gasteiger partial charge in [-0.3, -0.25) is 15.1 Å². The van der Waals surface area contributed by atoms with Gasteiger partial charge < -0.3 is 9.84 Å². The first kappa shape index (κ1) is 15.4. The monoisotopic (exact) mass is 267 g/mol. The van der Waals surface area contributed by atoms with Crippen molar-refractivity contribution in [1.82, 2.24) is 10.3 Å². The molecule has 0 fully saturated rings. The van der Waals surface area contributed by atoms with E-state index in [-0.39, 0.29) is 12.5 Å². The molecule has 106 valence electrons. The average Bonchev–Trinajstić information content (AvgIpc) is 2.46. The number of rotatable bonds is 8. The van der Waals surface area contributed by atoms with Crippen LogP contribution in [0.2, 0.25) is 0 Å². The van der Waals surface area contributed by atoms with Crippen LogP contribution in [0.15, 0.2) is 24.3 Å². The topological polar surface area (TPSA) is 87.8 Å². The number of hydrazine groups is 1. The van der Waals surface area contributed by atoms with E-state index in [0.29, 0.717) is 31.0 Å². The zero-order chi connectivity index (χ0) is 14.1. The summed E-state index contributed by atoms with van der Waals surface area (Å²) < 4.78 is 5.60. The van der Waals surface area contributed by atoms with Crippen LogP contribution in [0.4, 0.5) is 0 Å². The van der Waals surface area contributed by atoms with Gasteiger partial charge in [-0.2, -0.15) is 0 Å². The maximum Gasteiger partial charge on any atom is 0.268 e. The normalized spacial score (nSPS) is 10.5. The molecule has 0 atom stereocenters. The summed E-state index contributed by atoms with van der Waals surface area (Å²) in [4.78, 5) is 13.6. The van der Waals surface area contributed by atoms with E-state index in [2.05, 4.69) is 10.3 Å². The zero-order valence-electron chi connectivity index (χ0n) is 11.1. The molecule has 1 amide bonds. The van der Waals surface area contributed by atoms with Crippen molar-refractivity contribution in [2.45, 2.75) is 6.92 Å². The lowest BCUT2D eigenvalue weighted by Gasteiger charge is -2.19. The Morgan fingerprint density at radius 2 is 2.16 bits per heavy atom. The second-order valence-corrected chi connectivity index (χ2v) is 3.98. The van der Waals surface area contributed by atoms with Gasteiger partial charge in [-0.15, -0.1) is 0 Å². The number of nitrogens with two attached hydrogens (primary N) is 1. The van der Waals surface area contributed by atoms with Crippen molar-refractivity contribution in [2.24, 2.45) is 5.84 Å². The van der Waals surface area contributed by atoms with Gasteiger partial charge in [-0.05, 0) is 18.7 Å².